The minimum Gasteiger partial charge on any atom is -0.350 e. The molecule has 18 heavy (non-hydrogen) atoms. The summed E-state index contributed by atoms with van der Waals surface area (Å²) in [5.74, 6) is -0.202. The lowest BCUT2D eigenvalue weighted by Gasteiger charge is -2.22. The van der Waals surface area contributed by atoms with Crippen LogP contribution in [0.2, 0.25) is 5.02 Å². The van der Waals surface area contributed by atoms with E-state index in [1.165, 1.54) is 0 Å². The number of benzene rings is 1. The first-order chi connectivity index (χ1) is 8.74. The normalized spacial score (nSPS) is 19.5. The SMILES string of the molecule is O=C(Cc1cccc(Cl)c1)NOC1CCCCO1. The molecule has 1 N–H and O–H groups in total. The summed E-state index contributed by atoms with van der Waals surface area (Å²) in [5, 5.41) is 0.622. The van der Waals surface area contributed by atoms with Crippen LogP contribution in [-0.2, 0) is 20.8 Å². The fourth-order valence-corrected chi connectivity index (χ4v) is 2.02. The van der Waals surface area contributed by atoms with Gasteiger partial charge in [-0.05, 0) is 30.5 Å². The number of carbonyl (C=O) groups excluding carboxylic acids is 1. The highest BCUT2D eigenvalue weighted by Crippen LogP contribution is 2.13. The maximum atomic E-state index is 11.6. The van der Waals surface area contributed by atoms with Crippen LogP contribution >= 0.6 is 11.6 Å². The Balaban J connectivity index is 1.74. The number of hydrogen-bond acceptors (Lipinski definition) is 3. The lowest BCUT2D eigenvalue weighted by atomic mass is 10.1. The second-order valence-corrected chi connectivity index (χ2v) is 4.68. The van der Waals surface area contributed by atoms with E-state index in [2.05, 4.69) is 5.48 Å². The number of carbonyl (C=O) groups is 1. The second-order valence-electron chi connectivity index (χ2n) is 4.25. The quantitative estimate of drug-likeness (QED) is 0.854. The first-order valence-electron chi connectivity index (χ1n) is 6.04. The highest BCUT2D eigenvalue weighted by molar-refractivity contribution is 6.30. The van der Waals surface area contributed by atoms with Crippen molar-refractivity contribution in [2.24, 2.45) is 0 Å². The smallest absolute Gasteiger partial charge is 0.248 e. The number of nitrogens with one attached hydrogen (secondary N) is 1. The van der Waals surface area contributed by atoms with Gasteiger partial charge in [-0.1, -0.05) is 23.7 Å². The van der Waals surface area contributed by atoms with E-state index in [0.717, 1.165) is 24.8 Å². The van der Waals surface area contributed by atoms with Crippen LogP contribution in [0.25, 0.3) is 0 Å². The van der Waals surface area contributed by atoms with E-state index in [-0.39, 0.29) is 18.6 Å². The zero-order valence-corrected chi connectivity index (χ0v) is 10.8. The van der Waals surface area contributed by atoms with Gasteiger partial charge in [-0.15, -0.1) is 0 Å². The third-order valence-corrected chi connectivity index (χ3v) is 2.93. The van der Waals surface area contributed by atoms with Gasteiger partial charge in [0.25, 0.3) is 0 Å². The van der Waals surface area contributed by atoms with Crippen LogP contribution < -0.4 is 5.48 Å². The van der Waals surface area contributed by atoms with E-state index in [0.29, 0.717) is 11.6 Å². The molecule has 1 fully saturated rings. The molecule has 0 radical (unpaired) electrons. The molecule has 4 nitrogen and oxygen atoms in total. The largest absolute Gasteiger partial charge is 0.350 e. The monoisotopic (exact) mass is 269 g/mol. The van der Waals surface area contributed by atoms with Gasteiger partial charge in [-0.3, -0.25) is 4.79 Å². The average Bonchev–Trinajstić information content (AvgIpc) is 2.38. The standard InChI is InChI=1S/C13H16ClNO3/c14-11-5-3-4-10(8-11)9-12(16)15-18-13-6-1-2-7-17-13/h3-5,8,13H,1-2,6-7,9H2,(H,15,16). The van der Waals surface area contributed by atoms with E-state index in [9.17, 15) is 4.79 Å². The molecule has 0 spiro atoms. The molecule has 1 aromatic carbocycles. The summed E-state index contributed by atoms with van der Waals surface area (Å²) in [5.41, 5.74) is 3.27. The molecule has 0 aliphatic carbocycles. The first kappa shape index (κ1) is 13.3. The van der Waals surface area contributed by atoms with Gasteiger partial charge in [0.15, 0.2) is 6.29 Å². The number of hydroxylamine groups is 1. The Labute approximate surface area is 111 Å². The van der Waals surface area contributed by atoms with E-state index in [4.69, 9.17) is 21.2 Å². The van der Waals surface area contributed by atoms with Crippen LogP contribution in [0.5, 0.6) is 0 Å². The van der Waals surface area contributed by atoms with Crippen molar-refractivity contribution in [2.45, 2.75) is 32.0 Å². The molecule has 1 unspecified atom stereocenters. The lowest BCUT2D eigenvalue weighted by Crippen LogP contribution is -2.33. The van der Waals surface area contributed by atoms with Crippen molar-refractivity contribution >= 4 is 17.5 Å². The Kier molecular flexibility index (Phi) is 4.99. The zero-order chi connectivity index (χ0) is 12.8. The van der Waals surface area contributed by atoms with Gasteiger partial charge < -0.3 is 4.74 Å². The fourth-order valence-electron chi connectivity index (χ4n) is 1.80. The Morgan fingerprint density at radius 2 is 2.39 bits per heavy atom. The Hall–Kier alpha value is -1.10. The van der Waals surface area contributed by atoms with Gasteiger partial charge in [-0.2, -0.15) is 0 Å². The predicted molar refractivity (Wildman–Crippen MR) is 68.0 cm³/mol. The molecule has 1 aliphatic heterocycles. The molecule has 0 aromatic heterocycles. The minimum absolute atomic E-state index is 0.202. The van der Waals surface area contributed by atoms with Gasteiger partial charge in [-0.25, -0.2) is 10.3 Å². The van der Waals surface area contributed by atoms with Gasteiger partial charge in [0.2, 0.25) is 5.91 Å². The molecule has 2 rings (SSSR count). The van der Waals surface area contributed by atoms with Crippen LogP contribution in [-0.4, -0.2) is 18.8 Å². The summed E-state index contributed by atoms with van der Waals surface area (Å²) >= 11 is 5.84. The highest BCUT2D eigenvalue weighted by Gasteiger charge is 2.15. The molecule has 1 aliphatic rings. The molecule has 1 atom stereocenters. The Morgan fingerprint density at radius 3 is 3.11 bits per heavy atom. The molecule has 1 aromatic rings. The third kappa shape index (κ3) is 4.29. The Morgan fingerprint density at radius 1 is 1.50 bits per heavy atom. The highest BCUT2D eigenvalue weighted by atomic mass is 35.5. The van der Waals surface area contributed by atoms with Crippen molar-refractivity contribution in [2.75, 3.05) is 6.61 Å². The molecular weight excluding hydrogens is 254 g/mol. The summed E-state index contributed by atoms with van der Waals surface area (Å²) < 4.78 is 5.34. The number of hydrogen-bond donors (Lipinski definition) is 1. The summed E-state index contributed by atoms with van der Waals surface area (Å²) in [6.07, 6.45) is 2.86. The van der Waals surface area contributed by atoms with Gasteiger partial charge in [0.05, 0.1) is 6.42 Å². The number of ether oxygens (including phenoxy) is 1. The van der Waals surface area contributed by atoms with Crippen LogP contribution in [0, 0.1) is 0 Å². The van der Waals surface area contributed by atoms with Crippen molar-refractivity contribution in [1.29, 1.82) is 0 Å². The summed E-state index contributed by atoms with van der Waals surface area (Å²) in [4.78, 5) is 16.8. The number of amides is 1. The summed E-state index contributed by atoms with van der Waals surface area (Å²) in [7, 11) is 0. The Bertz CT molecular complexity index is 405. The third-order valence-electron chi connectivity index (χ3n) is 2.70. The fraction of sp³-hybridized carbons (Fsp3) is 0.462. The van der Waals surface area contributed by atoms with Crippen LogP contribution in [0.15, 0.2) is 24.3 Å². The van der Waals surface area contributed by atoms with Crippen molar-refractivity contribution in [3.63, 3.8) is 0 Å². The number of halogens is 1. The second kappa shape index (κ2) is 6.73. The van der Waals surface area contributed by atoms with Gasteiger partial charge in [0, 0.05) is 18.1 Å². The van der Waals surface area contributed by atoms with Crippen LogP contribution in [0.1, 0.15) is 24.8 Å². The molecule has 1 saturated heterocycles. The van der Waals surface area contributed by atoms with Crippen molar-refractivity contribution in [3.8, 4) is 0 Å². The topological polar surface area (TPSA) is 47.6 Å². The van der Waals surface area contributed by atoms with Crippen LogP contribution in [0.4, 0.5) is 0 Å². The van der Waals surface area contributed by atoms with Crippen LogP contribution in [0.3, 0.4) is 0 Å². The molecule has 1 amide bonds. The maximum absolute atomic E-state index is 11.6. The zero-order valence-electron chi connectivity index (χ0n) is 10.0. The summed E-state index contributed by atoms with van der Waals surface area (Å²) in [6.45, 7) is 0.689. The molecular formula is C13H16ClNO3. The number of rotatable bonds is 4. The van der Waals surface area contributed by atoms with Crippen molar-refractivity contribution in [1.82, 2.24) is 5.48 Å². The van der Waals surface area contributed by atoms with Crippen molar-refractivity contribution < 1.29 is 14.4 Å². The van der Waals surface area contributed by atoms with E-state index in [1.807, 2.05) is 12.1 Å². The van der Waals surface area contributed by atoms with E-state index < -0.39 is 0 Å². The first-order valence-corrected chi connectivity index (χ1v) is 6.42. The molecule has 98 valence electrons. The molecule has 0 saturated carbocycles. The molecule has 1 heterocycles. The van der Waals surface area contributed by atoms with E-state index >= 15 is 0 Å². The predicted octanol–water partition coefficient (Wildman–Crippen LogP) is 2.46. The van der Waals surface area contributed by atoms with E-state index in [1.54, 1.807) is 12.1 Å². The average molecular weight is 270 g/mol. The maximum Gasteiger partial charge on any atom is 0.248 e. The van der Waals surface area contributed by atoms with Crippen molar-refractivity contribution in [3.05, 3.63) is 34.9 Å². The summed E-state index contributed by atoms with van der Waals surface area (Å²) in [6, 6.07) is 7.20. The molecule has 0 bridgehead atoms. The molecule has 5 heteroatoms. The van der Waals surface area contributed by atoms with Gasteiger partial charge in [0.1, 0.15) is 0 Å². The van der Waals surface area contributed by atoms with Gasteiger partial charge >= 0.3 is 0 Å². The minimum atomic E-state index is -0.318. The lowest BCUT2D eigenvalue weighted by molar-refractivity contribution is -0.200.